The molecule has 15 heavy (non-hydrogen) atoms. The van der Waals surface area contributed by atoms with Crippen molar-refractivity contribution in [3.63, 3.8) is 0 Å². The van der Waals surface area contributed by atoms with Crippen molar-refractivity contribution >= 4 is 6.09 Å². The molecule has 86 valence electrons. The first-order valence-corrected chi connectivity index (χ1v) is 5.59. The van der Waals surface area contributed by atoms with Gasteiger partial charge >= 0.3 is 6.09 Å². The number of piperazine rings is 1. The Labute approximate surface area is 90.4 Å². The van der Waals surface area contributed by atoms with E-state index in [0.29, 0.717) is 6.04 Å². The van der Waals surface area contributed by atoms with E-state index in [1.54, 1.807) is 4.90 Å². The SMILES string of the molecule is COC(=O)N1CCN(C2CCNC2)CC1. The van der Waals surface area contributed by atoms with Crippen molar-refractivity contribution in [1.29, 1.82) is 0 Å². The molecule has 1 amide bonds. The van der Waals surface area contributed by atoms with E-state index in [9.17, 15) is 4.79 Å². The summed E-state index contributed by atoms with van der Waals surface area (Å²) in [5.74, 6) is 0. The molecule has 1 atom stereocenters. The second kappa shape index (κ2) is 4.81. The van der Waals surface area contributed by atoms with Crippen LogP contribution >= 0.6 is 0 Å². The number of hydrogen-bond donors (Lipinski definition) is 1. The minimum absolute atomic E-state index is 0.195. The molecule has 0 aromatic heterocycles. The zero-order valence-corrected chi connectivity index (χ0v) is 9.24. The van der Waals surface area contributed by atoms with E-state index in [2.05, 4.69) is 10.2 Å². The van der Waals surface area contributed by atoms with Gasteiger partial charge in [0.1, 0.15) is 0 Å². The van der Waals surface area contributed by atoms with Gasteiger partial charge in [-0.3, -0.25) is 4.90 Å². The maximum atomic E-state index is 11.3. The van der Waals surface area contributed by atoms with Crippen molar-refractivity contribution in [3.8, 4) is 0 Å². The van der Waals surface area contributed by atoms with Crippen LogP contribution in [0.2, 0.25) is 0 Å². The van der Waals surface area contributed by atoms with Gasteiger partial charge in [-0.05, 0) is 13.0 Å². The summed E-state index contributed by atoms with van der Waals surface area (Å²) in [5.41, 5.74) is 0. The van der Waals surface area contributed by atoms with Gasteiger partial charge in [0.15, 0.2) is 0 Å². The molecular formula is C10H19N3O2. The second-order valence-electron chi connectivity index (χ2n) is 4.14. The fraction of sp³-hybridized carbons (Fsp3) is 0.900. The van der Waals surface area contributed by atoms with Crippen LogP contribution in [-0.4, -0.2) is 68.3 Å². The van der Waals surface area contributed by atoms with E-state index < -0.39 is 0 Å². The van der Waals surface area contributed by atoms with E-state index >= 15 is 0 Å². The van der Waals surface area contributed by atoms with Gasteiger partial charge in [0, 0.05) is 38.8 Å². The Morgan fingerprint density at radius 1 is 1.33 bits per heavy atom. The van der Waals surface area contributed by atoms with Crippen molar-refractivity contribution < 1.29 is 9.53 Å². The Morgan fingerprint density at radius 2 is 2.07 bits per heavy atom. The molecule has 5 nitrogen and oxygen atoms in total. The summed E-state index contributed by atoms with van der Waals surface area (Å²) in [6.45, 7) is 5.76. The molecule has 0 aromatic carbocycles. The van der Waals surface area contributed by atoms with Crippen molar-refractivity contribution in [2.45, 2.75) is 12.5 Å². The van der Waals surface area contributed by atoms with Crippen LogP contribution in [0, 0.1) is 0 Å². The molecule has 0 aliphatic carbocycles. The van der Waals surface area contributed by atoms with E-state index in [4.69, 9.17) is 4.74 Å². The Hall–Kier alpha value is -0.810. The summed E-state index contributed by atoms with van der Waals surface area (Å²) < 4.78 is 4.71. The molecule has 2 rings (SSSR count). The fourth-order valence-electron chi connectivity index (χ4n) is 2.35. The van der Waals surface area contributed by atoms with Gasteiger partial charge in [-0.15, -0.1) is 0 Å². The molecule has 1 N–H and O–H groups in total. The summed E-state index contributed by atoms with van der Waals surface area (Å²) >= 11 is 0. The number of carbonyl (C=O) groups is 1. The first-order valence-electron chi connectivity index (χ1n) is 5.59. The molecule has 2 saturated heterocycles. The maximum Gasteiger partial charge on any atom is 0.409 e. The van der Waals surface area contributed by atoms with Crippen molar-refractivity contribution in [3.05, 3.63) is 0 Å². The largest absolute Gasteiger partial charge is 0.453 e. The van der Waals surface area contributed by atoms with Crippen LogP contribution in [0.4, 0.5) is 4.79 Å². The molecule has 0 saturated carbocycles. The van der Waals surface area contributed by atoms with Gasteiger partial charge in [0.2, 0.25) is 0 Å². The normalized spacial score (nSPS) is 28.1. The number of ether oxygens (including phenoxy) is 1. The van der Waals surface area contributed by atoms with E-state index in [-0.39, 0.29) is 6.09 Å². The smallest absolute Gasteiger partial charge is 0.409 e. The van der Waals surface area contributed by atoms with Crippen LogP contribution in [0.1, 0.15) is 6.42 Å². The quantitative estimate of drug-likeness (QED) is 0.651. The summed E-state index contributed by atoms with van der Waals surface area (Å²) in [4.78, 5) is 15.5. The Bertz CT molecular complexity index is 221. The van der Waals surface area contributed by atoms with Gasteiger partial charge in [-0.1, -0.05) is 0 Å². The first kappa shape index (κ1) is 10.7. The Morgan fingerprint density at radius 3 is 2.60 bits per heavy atom. The summed E-state index contributed by atoms with van der Waals surface area (Å²) in [7, 11) is 1.44. The molecule has 2 fully saturated rings. The van der Waals surface area contributed by atoms with Gasteiger partial charge in [0.05, 0.1) is 7.11 Å². The third kappa shape index (κ3) is 2.41. The molecule has 2 aliphatic rings. The zero-order chi connectivity index (χ0) is 10.7. The highest BCUT2D eigenvalue weighted by Crippen LogP contribution is 2.12. The van der Waals surface area contributed by atoms with Crippen LogP contribution in [0.5, 0.6) is 0 Å². The number of amides is 1. The first-order chi connectivity index (χ1) is 7.31. The molecule has 2 heterocycles. The lowest BCUT2D eigenvalue weighted by molar-refractivity contribution is 0.0780. The summed E-state index contributed by atoms with van der Waals surface area (Å²) in [5, 5.41) is 3.37. The lowest BCUT2D eigenvalue weighted by Gasteiger charge is -2.36. The monoisotopic (exact) mass is 213 g/mol. The van der Waals surface area contributed by atoms with Gasteiger partial charge < -0.3 is 15.0 Å². The average molecular weight is 213 g/mol. The van der Waals surface area contributed by atoms with Crippen LogP contribution < -0.4 is 5.32 Å². The highest BCUT2D eigenvalue weighted by atomic mass is 16.5. The maximum absolute atomic E-state index is 11.3. The predicted octanol–water partition coefficient (Wildman–Crippen LogP) is -0.268. The predicted molar refractivity (Wildman–Crippen MR) is 56.8 cm³/mol. The second-order valence-corrected chi connectivity index (χ2v) is 4.14. The van der Waals surface area contributed by atoms with Crippen molar-refractivity contribution in [1.82, 2.24) is 15.1 Å². The lowest BCUT2D eigenvalue weighted by Crippen LogP contribution is -2.52. The molecule has 0 bridgehead atoms. The van der Waals surface area contributed by atoms with Crippen LogP contribution in [-0.2, 0) is 4.74 Å². The van der Waals surface area contributed by atoms with E-state index in [1.165, 1.54) is 13.5 Å². The van der Waals surface area contributed by atoms with Gasteiger partial charge in [-0.25, -0.2) is 4.79 Å². The highest BCUT2D eigenvalue weighted by molar-refractivity contribution is 5.67. The van der Waals surface area contributed by atoms with Gasteiger partial charge in [0.25, 0.3) is 0 Å². The lowest BCUT2D eigenvalue weighted by atomic mass is 10.2. The number of hydrogen-bond acceptors (Lipinski definition) is 4. The molecule has 2 aliphatic heterocycles. The molecule has 1 unspecified atom stereocenters. The van der Waals surface area contributed by atoms with Gasteiger partial charge in [-0.2, -0.15) is 0 Å². The number of nitrogens with zero attached hydrogens (tertiary/aromatic N) is 2. The Balaban J connectivity index is 1.78. The van der Waals surface area contributed by atoms with Crippen molar-refractivity contribution in [2.24, 2.45) is 0 Å². The minimum Gasteiger partial charge on any atom is -0.453 e. The number of carbonyl (C=O) groups excluding carboxylic acids is 1. The average Bonchev–Trinajstić information content (AvgIpc) is 2.82. The third-order valence-electron chi connectivity index (χ3n) is 3.30. The summed E-state index contributed by atoms with van der Waals surface area (Å²) in [6.07, 6.45) is 1.04. The third-order valence-corrected chi connectivity index (χ3v) is 3.30. The minimum atomic E-state index is -0.195. The standard InChI is InChI=1S/C10H19N3O2/c1-15-10(14)13-6-4-12(5-7-13)9-2-3-11-8-9/h9,11H,2-8H2,1H3. The van der Waals surface area contributed by atoms with Crippen LogP contribution in [0.3, 0.4) is 0 Å². The zero-order valence-electron chi connectivity index (χ0n) is 9.24. The number of nitrogens with one attached hydrogen (secondary N) is 1. The van der Waals surface area contributed by atoms with E-state index in [0.717, 1.165) is 39.3 Å². The summed E-state index contributed by atoms with van der Waals surface area (Å²) in [6, 6.07) is 0.671. The topological polar surface area (TPSA) is 44.8 Å². The van der Waals surface area contributed by atoms with Crippen LogP contribution in [0.15, 0.2) is 0 Å². The molecule has 0 aromatic rings. The number of rotatable bonds is 1. The van der Waals surface area contributed by atoms with Crippen LogP contribution in [0.25, 0.3) is 0 Å². The Kier molecular flexibility index (Phi) is 3.43. The molecule has 5 heteroatoms. The molecular weight excluding hydrogens is 194 g/mol. The number of methoxy groups -OCH3 is 1. The fourth-order valence-corrected chi connectivity index (χ4v) is 2.35. The van der Waals surface area contributed by atoms with Crippen molar-refractivity contribution in [2.75, 3.05) is 46.4 Å². The van der Waals surface area contributed by atoms with E-state index in [1.807, 2.05) is 0 Å². The molecule has 0 radical (unpaired) electrons. The highest BCUT2D eigenvalue weighted by Gasteiger charge is 2.27. The molecule has 0 spiro atoms.